The predicted octanol–water partition coefficient (Wildman–Crippen LogP) is 2.34. The first-order chi connectivity index (χ1) is 9.99. The molecule has 0 atom stereocenters. The van der Waals surface area contributed by atoms with Gasteiger partial charge in [-0.3, -0.25) is 20.2 Å². The number of likely N-dealkylation sites (tertiary alicyclic amines) is 1. The van der Waals surface area contributed by atoms with Gasteiger partial charge in [-0.15, -0.1) is 0 Å². The molecule has 112 valence electrons. The zero-order chi connectivity index (χ0) is 15.4. The van der Waals surface area contributed by atoms with E-state index in [1.54, 1.807) is 6.07 Å². The summed E-state index contributed by atoms with van der Waals surface area (Å²) >= 11 is 5.22. The maximum atomic E-state index is 12.2. The van der Waals surface area contributed by atoms with Crippen LogP contribution in [0.5, 0.6) is 0 Å². The summed E-state index contributed by atoms with van der Waals surface area (Å²) in [5.74, 6) is 0.126. The summed E-state index contributed by atoms with van der Waals surface area (Å²) in [7, 11) is 0. The van der Waals surface area contributed by atoms with Crippen LogP contribution in [0.3, 0.4) is 0 Å². The van der Waals surface area contributed by atoms with E-state index in [0.29, 0.717) is 11.0 Å². The highest BCUT2D eigenvalue weighted by Crippen LogP contribution is 2.18. The molecule has 1 amide bonds. The van der Waals surface area contributed by atoms with E-state index in [1.165, 1.54) is 18.2 Å². The van der Waals surface area contributed by atoms with Gasteiger partial charge in [-0.25, -0.2) is 0 Å². The molecule has 6 nitrogen and oxygen atoms in total. The van der Waals surface area contributed by atoms with Crippen molar-refractivity contribution in [3.05, 3.63) is 39.9 Å². The Bertz CT molecular complexity index is 568. The number of piperidine rings is 1. The van der Waals surface area contributed by atoms with E-state index in [4.69, 9.17) is 12.2 Å². The fourth-order valence-electron chi connectivity index (χ4n) is 2.28. The van der Waals surface area contributed by atoms with Crippen molar-refractivity contribution in [1.29, 1.82) is 0 Å². The van der Waals surface area contributed by atoms with Crippen molar-refractivity contribution in [1.82, 2.24) is 10.2 Å². The van der Waals surface area contributed by atoms with E-state index in [9.17, 15) is 14.9 Å². The van der Waals surface area contributed by atoms with Crippen molar-refractivity contribution in [3.8, 4) is 0 Å². The number of carbonyl (C=O) groups excluding carboxylic acids is 1. The van der Waals surface area contributed by atoms with Crippen molar-refractivity contribution >= 4 is 28.9 Å². The van der Waals surface area contributed by atoms with Crippen LogP contribution in [0.15, 0.2) is 24.3 Å². The molecule has 0 spiro atoms. The molecule has 1 saturated heterocycles. The van der Waals surface area contributed by atoms with Crippen LogP contribution in [-0.2, 0) is 0 Å². The lowest BCUT2D eigenvalue weighted by molar-refractivity contribution is -0.385. The molecule has 2 rings (SSSR count). The summed E-state index contributed by atoms with van der Waals surface area (Å²) in [6.45, 7) is 3.79. The summed E-state index contributed by atoms with van der Waals surface area (Å²) in [6, 6.07) is 5.85. The zero-order valence-electron chi connectivity index (χ0n) is 11.7. The van der Waals surface area contributed by atoms with Crippen LogP contribution in [0.1, 0.15) is 30.1 Å². The van der Waals surface area contributed by atoms with Crippen molar-refractivity contribution in [2.45, 2.75) is 19.8 Å². The normalized spacial score (nSPS) is 15.6. The number of nitro groups is 1. The van der Waals surface area contributed by atoms with Gasteiger partial charge in [-0.2, -0.15) is 0 Å². The zero-order valence-corrected chi connectivity index (χ0v) is 12.6. The van der Waals surface area contributed by atoms with Gasteiger partial charge in [0, 0.05) is 19.2 Å². The average Bonchev–Trinajstić information content (AvgIpc) is 2.47. The lowest BCUT2D eigenvalue weighted by atomic mass is 10.00. The molecule has 1 aromatic carbocycles. The first-order valence-corrected chi connectivity index (χ1v) is 7.23. The van der Waals surface area contributed by atoms with Crippen LogP contribution in [0.2, 0.25) is 0 Å². The van der Waals surface area contributed by atoms with E-state index in [1.807, 2.05) is 4.90 Å². The molecule has 1 fully saturated rings. The second-order valence-corrected chi connectivity index (χ2v) is 5.59. The molecule has 21 heavy (non-hydrogen) atoms. The van der Waals surface area contributed by atoms with E-state index in [0.717, 1.165) is 25.9 Å². The maximum Gasteiger partial charge on any atom is 0.282 e. The van der Waals surface area contributed by atoms with E-state index in [-0.39, 0.29) is 11.3 Å². The van der Waals surface area contributed by atoms with E-state index < -0.39 is 10.8 Å². The molecule has 0 bridgehead atoms. The van der Waals surface area contributed by atoms with Gasteiger partial charge < -0.3 is 4.90 Å². The number of nitro benzene ring substituents is 1. The molecular weight excluding hydrogens is 290 g/mol. The van der Waals surface area contributed by atoms with Crippen molar-refractivity contribution in [2.75, 3.05) is 13.1 Å². The first kappa shape index (κ1) is 15.4. The van der Waals surface area contributed by atoms with Crippen LogP contribution >= 0.6 is 12.2 Å². The number of hydrogen-bond donors (Lipinski definition) is 1. The van der Waals surface area contributed by atoms with Crippen LogP contribution in [0, 0.1) is 16.0 Å². The molecule has 1 aromatic rings. The number of carbonyl (C=O) groups is 1. The van der Waals surface area contributed by atoms with Crippen LogP contribution in [0.25, 0.3) is 0 Å². The van der Waals surface area contributed by atoms with Gasteiger partial charge >= 0.3 is 0 Å². The Balaban J connectivity index is 2.05. The molecule has 1 N–H and O–H groups in total. The third-order valence-corrected chi connectivity index (χ3v) is 4.00. The standard InChI is InChI=1S/C14H17N3O3S/c1-10-6-8-16(9-7-10)14(21)15-13(18)11-4-2-3-5-12(11)17(19)20/h2-5,10H,6-9H2,1H3,(H,15,18,21). The van der Waals surface area contributed by atoms with Gasteiger partial charge in [0.25, 0.3) is 11.6 Å². The van der Waals surface area contributed by atoms with Crippen LogP contribution in [0.4, 0.5) is 5.69 Å². The topological polar surface area (TPSA) is 75.5 Å². The maximum absolute atomic E-state index is 12.2. The Morgan fingerprint density at radius 3 is 2.62 bits per heavy atom. The molecule has 0 aliphatic carbocycles. The quantitative estimate of drug-likeness (QED) is 0.515. The molecule has 7 heteroatoms. The number of thiocarbonyl (C=S) groups is 1. The monoisotopic (exact) mass is 307 g/mol. The van der Waals surface area contributed by atoms with Crippen LogP contribution < -0.4 is 5.32 Å². The molecule has 0 aromatic heterocycles. The molecule has 1 heterocycles. The summed E-state index contributed by atoms with van der Waals surface area (Å²) < 4.78 is 0. The smallest absolute Gasteiger partial charge is 0.282 e. The molecule has 0 unspecified atom stereocenters. The SMILES string of the molecule is CC1CCN(C(=S)NC(=O)c2ccccc2[N+](=O)[O-])CC1. The number of amides is 1. The van der Waals surface area contributed by atoms with Gasteiger partial charge in [0.15, 0.2) is 5.11 Å². The summed E-state index contributed by atoms with van der Waals surface area (Å²) in [6.07, 6.45) is 2.06. The lowest BCUT2D eigenvalue weighted by Gasteiger charge is -2.32. The van der Waals surface area contributed by atoms with E-state index >= 15 is 0 Å². The minimum absolute atomic E-state index is 0.0234. The Morgan fingerprint density at radius 2 is 2.00 bits per heavy atom. The van der Waals surface area contributed by atoms with Gasteiger partial charge in [-0.05, 0) is 37.0 Å². The molecular formula is C14H17N3O3S. The first-order valence-electron chi connectivity index (χ1n) is 6.82. The number of nitrogens with one attached hydrogen (secondary N) is 1. The predicted molar refractivity (Wildman–Crippen MR) is 83.1 cm³/mol. The molecule has 0 radical (unpaired) electrons. The minimum atomic E-state index is -0.569. The number of rotatable bonds is 2. The fraction of sp³-hybridized carbons (Fsp3) is 0.429. The Morgan fingerprint density at radius 1 is 1.38 bits per heavy atom. The van der Waals surface area contributed by atoms with E-state index in [2.05, 4.69) is 12.2 Å². The largest absolute Gasteiger partial charge is 0.349 e. The van der Waals surface area contributed by atoms with Crippen molar-refractivity contribution < 1.29 is 9.72 Å². The third-order valence-electron chi connectivity index (χ3n) is 3.64. The Kier molecular flexibility index (Phi) is 4.85. The summed E-state index contributed by atoms with van der Waals surface area (Å²) in [4.78, 5) is 24.5. The highest BCUT2D eigenvalue weighted by atomic mass is 32.1. The number of para-hydroxylation sites is 1. The van der Waals surface area contributed by atoms with Crippen molar-refractivity contribution in [2.24, 2.45) is 5.92 Å². The molecule has 1 aliphatic heterocycles. The fourth-order valence-corrected chi connectivity index (χ4v) is 2.56. The lowest BCUT2D eigenvalue weighted by Crippen LogP contribution is -2.46. The number of hydrogen-bond acceptors (Lipinski definition) is 4. The third kappa shape index (κ3) is 3.75. The van der Waals surface area contributed by atoms with Crippen molar-refractivity contribution in [3.63, 3.8) is 0 Å². The molecule has 0 saturated carbocycles. The van der Waals surface area contributed by atoms with Gasteiger partial charge in [0.1, 0.15) is 5.56 Å². The van der Waals surface area contributed by atoms with Crippen LogP contribution in [-0.4, -0.2) is 33.9 Å². The highest BCUT2D eigenvalue weighted by molar-refractivity contribution is 7.80. The number of nitrogens with zero attached hydrogens (tertiary/aromatic N) is 2. The number of benzene rings is 1. The summed E-state index contributed by atoms with van der Waals surface area (Å²) in [5.41, 5.74) is -0.194. The van der Waals surface area contributed by atoms with Gasteiger partial charge in [-0.1, -0.05) is 19.1 Å². The summed E-state index contributed by atoms with van der Waals surface area (Å²) in [5, 5.41) is 13.9. The molecule has 1 aliphatic rings. The van der Waals surface area contributed by atoms with Gasteiger partial charge in [0.05, 0.1) is 4.92 Å². The second kappa shape index (κ2) is 6.62. The second-order valence-electron chi connectivity index (χ2n) is 5.20. The minimum Gasteiger partial charge on any atom is -0.349 e. The Labute approximate surface area is 128 Å². The van der Waals surface area contributed by atoms with Gasteiger partial charge in [0.2, 0.25) is 0 Å². The Hall–Kier alpha value is -2.02. The highest BCUT2D eigenvalue weighted by Gasteiger charge is 2.23. The average molecular weight is 307 g/mol.